The number of hydrogen-bond donors (Lipinski definition) is 1. The Morgan fingerprint density at radius 2 is 1.52 bits per heavy atom. The molecule has 0 radical (unpaired) electrons. The summed E-state index contributed by atoms with van der Waals surface area (Å²) in [6, 6.07) is 16.5. The van der Waals surface area contributed by atoms with E-state index in [1.165, 1.54) is 44.1 Å². The van der Waals surface area contributed by atoms with Crippen molar-refractivity contribution in [2.45, 2.75) is 50.9 Å². The second-order valence-electron chi connectivity index (χ2n) is 9.69. The first-order chi connectivity index (χ1) is 14.1. The van der Waals surface area contributed by atoms with Gasteiger partial charge in [-0.05, 0) is 98.4 Å². The van der Waals surface area contributed by atoms with Crippen molar-refractivity contribution >= 4 is 5.91 Å². The van der Waals surface area contributed by atoms with Gasteiger partial charge in [0, 0.05) is 5.56 Å². The molecule has 4 bridgehead atoms. The van der Waals surface area contributed by atoms with E-state index >= 15 is 0 Å². The monoisotopic (exact) mass is 389 g/mol. The molecule has 29 heavy (non-hydrogen) atoms. The van der Waals surface area contributed by atoms with Crippen LogP contribution in [0.5, 0.6) is 5.75 Å². The van der Waals surface area contributed by atoms with E-state index in [1.807, 2.05) is 31.2 Å². The van der Waals surface area contributed by atoms with E-state index in [4.69, 9.17) is 4.74 Å². The Morgan fingerprint density at radius 3 is 2.10 bits per heavy atom. The first kappa shape index (κ1) is 18.7. The summed E-state index contributed by atoms with van der Waals surface area (Å²) in [4.78, 5) is 12.2. The van der Waals surface area contributed by atoms with Crippen LogP contribution in [0, 0.1) is 24.7 Å². The van der Waals surface area contributed by atoms with Crippen LogP contribution in [0.4, 0.5) is 0 Å². The maximum atomic E-state index is 12.2. The van der Waals surface area contributed by atoms with Crippen molar-refractivity contribution in [1.29, 1.82) is 0 Å². The minimum absolute atomic E-state index is 0.0502. The minimum Gasteiger partial charge on any atom is -0.492 e. The fourth-order valence-corrected chi connectivity index (χ4v) is 6.51. The zero-order valence-corrected chi connectivity index (χ0v) is 17.3. The van der Waals surface area contributed by atoms with E-state index in [0.29, 0.717) is 24.1 Å². The Kier molecular flexibility index (Phi) is 4.85. The van der Waals surface area contributed by atoms with Crippen LogP contribution in [0.1, 0.15) is 60.0 Å². The molecule has 1 N–H and O–H groups in total. The van der Waals surface area contributed by atoms with Gasteiger partial charge in [0.2, 0.25) is 0 Å². The predicted octanol–water partition coefficient (Wildman–Crippen LogP) is 5.27. The third-order valence-corrected chi connectivity index (χ3v) is 7.48. The Balaban J connectivity index is 1.14. The number of carbonyl (C=O) groups is 1. The van der Waals surface area contributed by atoms with Gasteiger partial charge in [0.15, 0.2) is 0 Å². The van der Waals surface area contributed by atoms with Crippen LogP contribution in [-0.2, 0) is 5.41 Å². The summed E-state index contributed by atoms with van der Waals surface area (Å²) in [5.41, 5.74) is 3.81. The van der Waals surface area contributed by atoms with Crippen molar-refractivity contribution in [3.63, 3.8) is 0 Å². The van der Waals surface area contributed by atoms with Crippen molar-refractivity contribution in [2.75, 3.05) is 13.2 Å². The molecular formula is C26H31NO2. The number of aryl methyl sites for hydroxylation is 1. The average Bonchev–Trinajstić information content (AvgIpc) is 2.71. The smallest absolute Gasteiger partial charge is 0.251 e. The number of carbonyl (C=O) groups excluding carboxylic acids is 1. The van der Waals surface area contributed by atoms with Gasteiger partial charge < -0.3 is 10.1 Å². The quantitative estimate of drug-likeness (QED) is 0.683. The Labute approximate surface area is 173 Å². The van der Waals surface area contributed by atoms with Crippen molar-refractivity contribution in [2.24, 2.45) is 17.8 Å². The third-order valence-electron chi connectivity index (χ3n) is 7.48. The second kappa shape index (κ2) is 7.51. The van der Waals surface area contributed by atoms with Gasteiger partial charge in [0.1, 0.15) is 12.4 Å². The Bertz CT molecular complexity index is 833. The normalized spacial score (nSPS) is 29.6. The van der Waals surface area contributed by atoms with Gasteiger partial charge in [-0.3, -0.25) is 4.79 Å². The molecule has 0 aromatic heterocycles. The number of amides is 1. The van der Waals surface area contributed by atoms with Crippen LogP contribution < -0.4 is 10.1 Å². The molecule has 4 saturated carbocycles. The van der Waals surface area contributed by atoms with E-state index < -0.39 is 0 Å². The van der Waals surface area contributed by atoms with E-state index in [-0.39, 0.29) is 5.91 Å². The van der Waals surface area contributed by atoms with Gasteiger partial charge in [-0.15, -0.1) is 0 Å². The van der Waals surface area contributed by atoms with Gasteiger partial charge in [-0.1, -0.05) is 29.8 Å². The second-order valence-corrected chi connectivity index (χ2v) is 9.69. The lowest BCUT2D eigenvalue weighted by Crippen LogP contribution is -2.48. The van der Waals surface area contributed by atoms with Crippen molar-refractivity contribution in [3.8, 4) is 5.75 Å². The van der Waals surface area contributed by atoms with Gasteiger partial charge >= 0.3 is 0 Å². The lowest BCUT2D eigenvalue weighted by molar-refractivity contribution is -0.00520. The van der Waals surface area contributed by atoms with E-state index in [2.05, 4.69) is 29.6 Å². The molecule has 0 spiro atoms. The van der Waals surface area contributed by atoms with Gasteiger partial charge in [0.05, 0.1) is 6.54 Å². The lowest BCUT2D eigenvalue weighted by Gasteiger charge is -2.57. The minimum atomic E-state index is -0.0502. The summed E-state index contributed by atoms with van der Waals surface area (Å²) in [6.45, 7) is 3.00. The van der Waals surface area contributed by atoms with Gasteiger partial charge in [-0.2, -0.15) is 0 Å². The van der Waals surface area contributed by atoms with Crippen molar-refractivity contribution < 1.29 is 9.53 Å². The van der Waals surface area contributed by atoms with Crippen LogP contribution >= 0.6 is 0 Å². The molecule has 0 heterocycles. The summed E-state index contributed by atoms with van der Waals surface area (Å²) in [5.74, 6) is 3.74. The molecule has 6 rings (SSSR count). The molecule has 4 aliphatic rings. The first-order valence-electron chi connectivity index (χ1n) is 11.2. The van der Waals surface area contributed by atoms with Crippen LogP contribution in [-0.4, -0.2) is 19.1 Å². The molecule has 1 amide bonds. The Morgan fingerprint density at radius 1 is 0.931 bits per heavy atom. The van der Waals surface area contributed by atoms with Gasteiger partial charge in [-0.25, -0.2) is 0 Å². The summed E-state index contributed by atoms with van der Waals surface area (Å²) >= 11 is 0. The molecule has 4 aliphatic carbocycles. The van der Waals surface area contributed by atoms with Gasteiger partial charge in [0.25, 0.3) is 5.91 Å². The molecule has 3 heteroatoms. The number of hydrogen-bond acceptors (Lipinski definition) is 2. The molecule has 4 fully saturated rings. The summed E-state index contributed by atoms with van der Waals surface area (Å²) < 4.78 is 5.87. The molecular weight excluding hydrogens is 358 g/mol. The fourth-order valence-electron chi connectivity index (χ4n) is 6.51. The van der Waals surface area contributed by atoms with E-state index in [0.717, 1.165) is 29.1 Å². The molecule has 152 valence electrons. The molecule has 0 unspecified atom stereocenters. The van der Waals surface area contributed by atoms with Crippen molar-refractivity contribution in [1.82, 2.24) is 5.32 Å². The number of ether oxygens (including phenoxy) is 1. The molecule has 2 aromatic rings. The predicted molar refractivity (Wildman–Crippen MR) is 115 cm³/mol. The zero-order valence-electron chi connectivity index (χ0n) is 17.3. The molecule has 0 saturated heterocycles. The maximum absolute atomic E-state index is 12.2. The fraction of sp³-hybridized carbons (Fsp3) is 0.500. The lowest BCUT2D eigenvalue weighted by atomic mass is 9.48. The van der Waals surface area contributed by atoms with Crippen molar-refractivity contribution in [3.05, 3.63) is 65.2 Å². The van der Waals surface area contributed by atoms with Crippen LogP contribution in [0.15, 0.2) is 48.5 Å². The highest BCUT2D eigenvalue weighted by Crippen LogP contribution is 2.60. The number of nitrogens with one attached hydrogen (secondary N) is 1. The third kappa shape index (κ3) is 3.80. The average molecular weight is 390 g/mol. The number of rotatable bonds is 6. The molecule has 0 aliphatic heterocycles. The summed E-state index contributed by atoms with van der Waals surface area (Å²) in [6.07, 6.45) is 8.62. The highest BCUT2D eigenvalue weighted by molar-refractivity contribution is 5.94. The molecule has 0 atom stereocenters. The van der Waals surface area contributed by atoms with Crippen LogP contribution in [0.3, 0.4) is 0 Å². The number of benzene rings is 2. The highest BCUT2D eigenvalue weighted by atomic mass is 16.5. The maximum Gasteiger partial charge on any atom is 0.251 e. The van der Waals surface area contributed by atoms with E-state index in [1.54, 1.807) is 0 Å². The molecule has 2 aromatic carbocycles. The summed E-state index contributed by atoms with van der Waals surface area (Å²) in [5, 5.41) is 2.93. The van der Waals surface area contributed by atoms with E-state index in [9.17, 15) is 4.79 Å². The highest BCUT2D eigenvalue weighted by Gasteiger charge is 2.51. The Hall–Kier alpha value is -2.29. The SMILES string of the molecule is Cc1ccc(C(=O)NCCOc2ccc(C34CC5CC(CC(C5)C3)C4)cc2)cc1. The zero-order chi connectivity index (χ0) is 19.8. The largest absolute Gasteiger partial charge is 0.492 e. The first-order valence-corrected chi connectivity index (χ1v) is 11.2. The van der Waals surface area contributed by atoms with Crippen LogP contribution in [0.2, 0.25) is 0 Å². The van der Waals surface area contributed by atoms with Crippen LogP contribution in [0.25, 0.3) is 0 Å². The topological polar surface area (TPSA) is 38.3 Å². The standard InChI is InChI=1S/C26H31NO2/c1-18-2-4-22(5-3-18)25(28)27-10-11-29-24-8-6-23(7-9-24)26-15-19-12-20(16-26)14-21(13-19)17-26/h2-9,19-21H,10-17H2,1H3,(H,27,28). The summed E-state index contributed by atoms with van der Waals surface area (Å²) in [7, 11) is 0. The molecule has 3 nitrogen and oxygen atoms in total.